The number of nitrogens with zero attached hydrogens (tertiary/aromatic N) is 2. The highest BCUT2D eigenvalue weighted by Gasteiger charge is 2.32. The highest BCUT2D eigenvalue weighted by Crippen LogP contribution is 2.33. The van der Waals surface area contributed by atoms with E-state index in [0.717, 1.165) is 36.2 Å². The van der Waals surface area contributed by atoms with Gasteiger partial charge in [0.2, 0.25) is 21.8 Å². The fraction of sp³-hybridized carbons (Fsp3) is 0.462. The molecule has 0 heterocycles. The van der Waals surface area contributed by atoms with Crippen LogP contribution in [0.1, 0.15) is 38.2 Å². The fourth-order valence-electron chi connectivity index (χ4n) is 4.42. The number of sulfonamides is 1. The lowest BCUT2D eigenvalue weighted by atomic mass is 10.1. The van der Waals surface area contributed by atoms with Gasteiger partial charge in [-0.05, 0) is 44.0 Å². The van der Waals surface area contributed by atoms with Gasteiger partial charge in [-0.15, -0.1) is 0 Å². The second-order valence-corrected chi connectivity index (χ2v) is 11.9. The Balaban J connectivity index is 1.95. The molecule has 9 nitrogen and oxygen atoms in total. The van der Waals surface area contributed by atoms with Crippen molar-refractivity contribution in [1.82, 2.24) is 10.2 Å². The van der Waals surface area contributed by atoms with Crippen LogP contribution in [0.2, 0.25) is 10.0 Å². The van der Waals surface area contributed by atoms with Crippen molar-refractivity contribution < 1.29 is 27.5 Å². The molecule has 0 aromatic heterocycles. The Hall–Kier alpha value is -2.69. The molecule has 1 fully saturated rings. The average molecular weight is 587 g/mol. The number of carbonyl (C=O) groups is 2. The Kier molecular flexibility index (Phi) is 10.1. The summed E-state index contributed by atoms with van der Waals surface area (Å²) in [7, 11) is -1.02. The number of anilines is 1. The Morgan fingerprint density at radius 1 is 1.05 bits per heavy atom. The van der Waals surface area contributed by atoms with Crippen molar-refractivity contribution in [2.75, 3.05) is 31.3 Å². The number of ether oxygens (including phenoxy) is 2. The molecule has 0 saturated heterocycles. The van der Waals surface area contributed by atoms with Crippen molar-refractivity contribution in [1.29, 1.82) is 0 Å². The molecule has 12 heteroatoms. The maximum atomic E-state index is 13.8. The van der Waals surface area contributed by atoms with E-state index in [-0.39, 0.29) is 24.2 Å². The molecule has 38 heavy (non-hydrogen) atoms. The lowest BCUT2D eigenvalue weighted by molar-refractivity contribution is -0.139. The molecule has 3 rings (SSSR count). The van der Waals surface area contributed by atoms with Crippen molar-refractivity contribution in [2.24, 2.45) is 0 Å². The molecular formula is C26H33Cl2N3O6S. The third-order valence-electron chi connectivity index (χ3n) is 6.59. The third kappa shape index (κ3) is 7.24. The predicted octanol–water partition coefficient (Wildman–Crippen LogP) is 4.25. The van der Waals surface area contributed by atoms with Crippen LogP contribution in [0, 0.1) is 0 Å². The summed E-state index contributed by atoms with van der Waals surface area (Å²) >= 11 is 12.8. The first-order valence-electron chi connectivity index (χ1n) is 12.2. The molecule has 0 bridgehead atoms. The first-order valence-corrected chi connectivity index (χ1v) is 14.8. The van der Waals surface area contributed by atoms with E-state index in [4.69, 9.17) is 32.7 Å². The summed E-state index contributed by atoms with van der Waals surface area (Å²) in [6.07, 6.45) is 4.83. The number of carbonyl (C=O) groups excluding carboxylic acids is 2. The number of hydrogen-bond acceptors (Lipinski definition) is 6. The van der Waals surface area contributed by atoms with Gasteiger partial charge < -0.3 is 19.7 Å². The Labute approximate surface area is 234 Å². The number of halogens is 2. The van der Waals surface area contributed by atoms with E-state index < -0.39 is 28.5 Å². The largest absolute Gasteiger partial charge is 0.493 e. The molecule has 1 aliphatic rings. The lowest BCUT2D eigenvalue weighted by Crippen LogP contribution is -2.52. The average Bonchev–Trinajstić information content (AvgIpc) is 3.38. The van der Waals surface area contributed by atoms with Gasteiger partial charge in [-0.2, -0.15) is 0 Å². The Bertz CT molecular complexity index is 1250. The second kappa shape index (κ2) is 12.9. The van der Waals surface area contributed by atoms with Crippen LogP contribution in [-0.2, 0) is 26.2 Å². The van der Waals surface area contributed by atoms with Crippen LogP contribution in [0.25, 0.3) is 0 Å². The van der Waals surface area contributed by atoms with Gasteiger partial charge in [0.05, 0.1) is 26.2 Å². The van der Waals surface area contributed by atoms with E-state index in [9.17, 15) is 18.0 Å². The number of methoxy groups -OCH3 is 2. The van der Waals surface area contributed by atoms with E-state index in [1.807, 2.05) is 0 Å². The number of rotatable bonds is 11. The van der Waals surface area contributed by atoms with Crippen LogP contribution in [0.3, 0.4) is 0 Å². The Morgan fingerprint density at radius 2 is 1.66 bits per heavy atom. The van der Waals surface area contributed by atoms with Crippen molar-refractivity contribution in [3.63, 3.8) is 0 Å². The van der Waals surface area contributed by atoms with Gasteiger partial charge in [0.25, 0.3) is 0 Å². The molecular weight excluding hydrogens is 553 g/mol. The molecule has 208 valence electrons. The van der Waals surface area contributed by atoms with E-state index in [1.165, 1.54) is 31.3 Å². The van der Waals surface area contributed by atoms with Gasteiger partial charge in [-0.25, -0.2) is 8.42 Å². The highest BCUT2D eigenvalue weighted by atomic mass is 35.5. The molecule has 0 radical (unpaired) electrons. The molecule has 1 unspecified atom stereocenters. The zero-order valence-electron chi connectivity index (χ0n) is 21.9. The third-order valence-corrected chi connectivity index (χ3v) is 8.44. The minimum Gasteiger partial charge on any atom is -0.493 e. The fourth-order valence-corrected chi connectivity index (χ4v) is 5.78. The number of hydrogen-bond donors (Lipinski definition) is 1. The van der Waals surface area contributed by atoms with Crippen LogP contribution in [0.5, 0.6) is 11.5 Å². The monoisotopic (exact) mass is 585 g/mol. The number of nitrogens with one attached hydrogen (secondary N) is 1. The van der Waals surface area contributed by atoms with Gasteiger partial charge in [0.1, 0.15) is 12.6 Å². The number of amides is 2. The smallest absolute Gasteiger partial charge is 0.244 e. The van der Waals surface area contributed by atoms with Gasteiger partial charge in [-0.1, -0.05) is 42.1 Å². The zero-order valence-corrected chi connectivity index (χ0v) is 24.2. The molecule has 2 aromatic carbocycles. The van der Waals surface area contributed by atoms with Gasteiger partial charge >= 0.3 is 0 Å². The highest BCUT2D eigenvalue weighted by molar-refractivity contribution is 7.92. The summed E-state index contributed by atoms with van der Waals surface area (Å²) in [5.74, 6) is -0.223. The summed E-state index contributed by atoms with van der Waals surface area (Å²) in [5, 5.41) is 3.67. The maximum absolute atomic E-state index is 13.8. The molecule has 2 amide bonds. The van der Waals surface area contributed by atoms with Gasteiger partial charge in [0, 0.05) is 34.3 Å². The molecule has 1 N–H and O–H groups in total. The van der Waals surface area contributed by atoms with Gasteiger partial charge in [-0.3, -0.25) is 13.9 Å². The Morgan fingerprint density at radius 3 is 2.21 bits per heavy atom. The maximum Gasteiger partial charge on any atom is 0.244 e. The second-order valence-electron chi connectivity index (χ2n) is 9.20. The lowest BCUT2D eigenvalue weighted by Gasteiger charge is -2.32. The summed E-state index contributed by atoms with van der Waals surface area (Å²) in [6.45, 7) is 0.964. The van der Waals surface area contributed by atoms with E-state index in [1.54, 1.807) is 31.2 Å². The zero-order chi connectivity index (χ0) is 28.0. The van der Waals surface area contributed by atoms with E-state index >= 15 is 0 Å². The van der Waals surface area contributed by atoms with E-state index in [0.29, 0.717) is 27.1 Å². The molecule has 1 saturated carbocycles. The van der Waals surface area contributed by atoms with Crippen LogP contribution in [-0.4, -0.2) is 64.2 Å². The minimum absolute atomic E-state index is 0.0464. The van der Waals surface area contributed by atoms with Crippen molar-refractivity contribution in [3.8, 4) is 11.5 Å². The van der Waals surface area contributed by atoms with Crippen LogP contribution in [0.4, 0.5) is 5.69 Å². The standard InChI is InChI=1S/C26H33Cl2N3O6S/c1-17(26(33)29-18-8-5-6-9-18)30(15-20-21(27)10-7-11-22(20)28)25(32)16-31(38(4,34)35)19-12-13-23(36-2)24(14-19)37-3/h7,10-14,17-18H,5-6,8-9,15-16H2,1-4H3,(H,29,33). The SMILES string of the molecule is COc1ccc(N(CC(=O)N(Cc2c(Cl)cccc2Cl)C(C)C(=O)NC2CCCC2)S(C)(=O)=O)cc1OC. The summed E-state index contributed by atoms with van der Waals surface area (Å²) < 4.78 is 37.1. The molecule has 1 aliphatic carbocycles. The van der Waals surface area contributed by atoms with E-state index in [2.05, 4.69) is 5.32 Å². The molecule has 1 atom stereocenters. The van der Waals surface area contributed by atoms with Crippen molar-refractivity contribution in [2.45, 2.75) is 51.2 Å². The number of benzene rings is 2. The first kappa shape index (κ1) is 29.9. The van der Waals surface area contributed by atoms with Crippen LogP contribution in [0.15, 0.2) is 36.4 Å². The molecule has 2 aromatic rings. The topological polar surface area (TPSA) is 105 Å². The normalized spacial score (nSPS) is 14.6. The summed E-state index contributed by atoms with van der Waals surface area (Å²) in [4.78, 5) is 28.2. The van der Waals surface area contributed by atoms with Crippen LogP contribution < -0.4 is 19.1 Å². The van der Waals surface area contributed by atoms with Crippen molar-refractivity contribution >= 4 is 50.7 Å². The summed E-state index contributed by atoms with van der Waals surface area (Å²) in [5.41, 5.74) is 0.666. The van der Waals surface area contributed by atoms with Crippen LogP contribution >= 0.6 is 23.2 Å². The predicted molar refractivity (Wildman–Crippen MR) is 149 cm³/mol. The molecule has 0 aliphatic heterocycles. The minimum atomic E-state index is -3.91. The summed E-state index contributed by atoms with van der Waals surface area (Å²) in [6, 6.07) is 8.63. The van der Waals surface area contributed by atoms with Crippen molar-refractivity contribution in [3.05, 3.63) is 52.0 Å². The van der Waals surface area contributed by atoms with Gasteiger partial charge in [0.15, 0.2) is 11.5 Å². The quantitative estimate of drug-likeness (QED) is 0.422. The molecule has 0 spiro atoms. The first-order chi connectivity index (χ1) is 18.0.